The molecule has 0 aliphatic carbocycles. The summed E-state index contributed by atoms with van der Waals surface area (Å²) in [6.45, 7) is 6.55. The summed E-state index contributed by atoms with van der Waals surface area (Å²) in [5, 5.41) is 6.16. The van der Waals surface area contributed by atoms with E-state index in [0.717, 1.165) is 47.5 Å². The van der Waals surface area contributed by atoms with Crippen LogP contribution in [0.25, 0.3) is 11.3 Å². The van der Waals surface area contributed by atoms with Crippen LogP contribution < -0.4 is 10.2 Å². The Hall–Kier alpha value is -1.88. The molecule has 1 saturated heterocycles. The topological polar surface area (TPSA) is 45.2 Å². The first-order valence-electron chi connectivity index (χ1n) is 8.76. The van der Waals surface area contributed by atoms with E-state index in [1.165, 1.54) is 12.8 Å². The number of carbonyl (C=O) groups is 1. The molecule has 0 atom stereocenters. The fraction of sp³-hybridized carbons (Fsp3) is 0.474. The Morgan fingerprint density at radius 3 is 2.67 bits per heavy atom. The molecule has 0 saturated carbocycles. The lowest BCUT2D eigenvalue weighted by molar-refractivity contribution is -0.116. The molecule has 128 valence electrons. The van der Waals surface area contributed by atoms with Gasteiger partial charge in [0.25, 0.3) is 0 Å². The summed E-state index contributed by atoms with van der Waals surface area (Å²) in [5.74, 6) is 0.900. The number of nitrogens with zero attached hydrogens (tertiary/aromatic N) is 2. The Balaban J connectivity index is 1.65. The van der Waals surface area contributed by atoms with Gasteiger partial charge in [0.2, 0.25) is 5.91 Å². The molecule has 24 heavy (non-hydrogen) atoms. The molecule has 1 fully saturated rings. The van der Waals surface area contributed by atoms with Crippen LogP contribution in [0.15, 0.2) is 29.6 Å². The zero-order valence-corrected chi connectivity index (χ0v) is 15.2. The SMILES string of the molecule is CCCC(=O)Nc1ccc(-c2csc(N3CCC(C)CC3)n2)cc1. The second-order valence-electron chi connectivity index (χ2n) is 6.56. The van der Waals surface area contributed by atoms with Gasteiger partial charge >= 0.3 is 0 Å². The first kappa shape index (κ1) is 17.0. The Kier molecular flexibility index (Phi) is 5.51. The molecule has 1 aromatic heterocycles. The number of anilines is 2. The van der Waals surface area contributed by atoms with Gasteiger partial charge in [-0.2, -0.15) is 0 Å². The lowest BCUT2D eigenvalue weighted by Gasteiger charge is -2.29. The number of benzene rings is 1. The van der Waals surface area contributed by atoms with Crippen molar-refractivity contribution in [2.45, 2.75) is 39.5 Å². The number of piperidine rings is 1. The van der Waals surface area contributed by atoms with Crippen LogP contribution in [0.4, 0.5) is 10.8 Å². The minimum absolute atomic E-state index is 0.0699. The van der Waals surface area contributed by atoms with E-state index in [0.29, 0.717) is 6.42 Å². The normalized spacial score (nSPS) is 15.5. The summed E-state index contributed by atoms with van der Waals surface area (Å²) in [5.41, 5.74) is 2.95. The van der Waals surface area contributed by atoms with E-state index < -0.39 is 0 Å². The molecule has 2 heterocycles. The van der Waals surface area contributed by atoms with Gasteiger partial charge < -0.3 is 10.2 Å². The predicted molar refractivity (Wildman–Crippen MR) is 102 cm³/mol. The zero-order chi connectivity index (χ0) is 16.9. The van der Waals surface area contributed by atoms with Crippen LogP contribution in [0.1, 0.15) is 39.5 Å². The maximum atomic E-state index is 11.6. The molecule has 0 radical (unpaired) electrons. The lowest BCUT2D eigenvalue weighted by Crippen LogP contribution is -2.32. The van der Waals surface area contributed by atoms with E-state index in [4.69, 9.17) is 4.98 Å². The van der Waals surface area contributed by atoms with Crippen molar-refractivity contribution in [1.82, 2.24) is 4.98 Å². The number of aromatic nitrogens is 1. The molecular weight excluding hydrogens is 318 g/mol. The highest BCUT2D eigenvalue weighted by atomic mass is 32.1. The van der Waals surface area contributed by atoms with E-state index in [1.54, 1.807) is 11.3 Å². The van der Waals surface area contributed by atoms with Crippen LogP contribution in [-0.4, -0.2) is 24.0 Å². The van der Waals surface area contributed by atoms with Crippen molar-refractivity contribution in [2.75, 3.05) is 23.3 Å². The smallest absolute Gasteiger partial charge is 0.224 e. The van der Waals surface area contributed by atoms with Crippen LogP contribution in [0.3, 0.4) is 0 Å². The molecule has 0 unspecified atom stereocenters. The van der Waals surface area contributed by atoms with Crippen LogP contribution in [-0.2, 0) is 4.79 Å². The van der Waals surface area contributed by atoms with Gasteiger partial charge in [-0.15, -0.1) is 11.3 Å². The maximum absolute atomic E-state index is 11.6. The Labute approximate surface area is 147 Å². The Bertz CT molecular complexity index is 672. The molecule has 5 heteroatoms. The van der Waals surface area contributed by atoms with Crippen molar-refractivity contribution in [2.24, 2.45) is 5.92 Å². The first-order chi connectivity index (χ1) is 11.7. The monoisotopic (exact) mass is 343 g/mol. The number of hydrogen-bond donors (Lipinski definition) is 1. The Morgan fingerprint density at radius 1 is 1.29 bits per heavy atom. The van der Waals surface area contributed by atoms with Gasteiger partial charge in [0.1, 0.15) is 0 Å². The third kappa shape index (κ3) is 4.15. The molecule has 1 aliphatic heterocycles. The standard InChI is InChI=1S/C19H25N3OS/c1-3-4-18(23)20-16-7-5-15(6-8-16)17-13-24-19(21-17)22-11-9-14(2)10-12-22/h5-8,13-14H,3-4,9-12H2,1-2H3,(H,20,23). The molecule has 1 aromatic carbocycles. The minimum atomic E-state index is 0.0699. The number of rotatable bonds is 5. The molecule has 4 nitrogen and oxygen atoms in total. The van der Waals surface area contributed by atoms with Gasteiger partial charge in [-0.25, -0.2) is 4.98 Å². The molecule has 1 amide bonds. The van der Waals surface area contributed by atoms with Gasteiger partial charge in [0.05, 0.1) is 5.69 Å². The lowest BCUT2D eigenvalue weighted by atomic mass is 10.00. The predicted octanol–water partition coefficient (Wildman–Crippen LogP) is 4.79. The van der Waals surface area contributed by atoms with Gasteiger partial charge in [0.15, 0.2) is 5.13 Å². The highest BCUT2D eigenvalue weighted by molar-refractivity contribution is 7.14. The van der Waals surface area contributed by atoms with Gasteiger partial charge in [0, 0.05) is 36.1 Å². The van der Waals surface area contributed by atoms with Crippen molar-refractivity contribution < 1.29 is 4.79 Å². The third-order valence-electron chi connectivity index (χ3n) is 4.49. The largest absolute Gasteiger partial charge is 0.348 e. The van der Waals surface area contributed by atoms with Crippen LogP contribution in [0.2, 0.25) is 0 Å². The average Bonchev–Trinajstić information content (AvgIpc) is 3.06. The number of thiazole rings is 1. The Morgan fingerprint density at radius 2 is 2.00 bits per heavy atom. The van der Waals surface area contributed by atoms with E-state index in [1.807, 2.05) is 31.2 Å². The summed E-state index contributed by atoms with van der Waals surface area (Å²) >= 11 is 1.72. The summed E-state index contributed by atoms with van der Waals surface area (Å²) in [6, 6.07) is 7.95. The summed E-state index contributed by atoms with van der Waals surface area (Å²) in [7, 11) is 0. The van der Waals surface area contributed by atoms with Crippen molar-refractivity contribution >= 4 is 28.1 Å². The van der Waals surface area contributed by atoms with E-state index in [2.05, 4.69) is 22.5 Å². The summed E-state index contributed by atoms with van der Waals surface area (Å²) in [4.78, 5) is 18.8. The first-order valence-corrected chi connectivity index (χ1v) is 9.64. The van der Waals surface area contributed by atoms with E-state index in [9.17, 15) is 4.79 Å². The van der Waals surface area contributed by atoms with Gasteiger partial charge in [-0.3, -0.25) is 4.79 Å². The van der Waals surface area contributed by atoms with Gasteiger partial charge in [-0.05, 0) is 37.3 Å². The minimum Gasteiger partial charge on any atom is -0.348 e. The van der Waals surface area contributed by atoms with Crippen LogP contribution >= 0.6 is 11.3 Å². The van der Waals surface area contributed by atoms with Crippen molar-refractivity contribution in [3.8, 4) is 11.3 Å². The number of amides is 1. The highest BCUT2D eigenvalue weighted by Crippen LogP contribution is 2.30. The summed E-state index contributed by atoms with van der Waals surface area (Å²) in [6.07, 6.45) is 3.93. The quantitative estimate of drug-likeness (QED) is 0.849. The number of nitrogens with one attached hydrogen (secondary N) is 1. The van der Waals surface area contributed by atoms with Crippen LogP contribution in [0.5, 0.6) is 0 Å². The molecular formula is C19H25N3OS. The van der Waals surface area contributed by atoms with E-state index >= 15 is 0 Å². The van der Waals surface area contributed by atoms with Crippen molar-refractivity contribution in [3.63, 3.8) is 0 Å². The zero-order valence-electron chi connectivity index (χ0n) is 14.4. The molecule has 1 aliphatic rings. The highest BCUT2D eigenvalue weighted by Gasteiger charge is 2.18. The van der Waals surface area contributed by atoms with Crippen molar-refractivity contribution in [1.29, 1.82) is 0 Å². The number of hydrogen-bond acceptors (Lipinski definition) is 4. The van der Waals surface area contributed by atoms with E-state index in [-0.39, 0.29) is 5.91 Å². The van der Waals surface area contributed by atoms with Gasteiger partial charge in [-0.1, -0.05) is 26.0 Å². The second kappa shape index (κ2) is 7.79. The average molecular weight is 343 g/mol. The second-order valence-corrected chi connectivity index (χ2v) is 7.40. The molecule has 3 rings (SSSR count). The molecule has 0 spiro atoms. The maximum Gasteiger partial charge on any atom is 0.224 e. The molecule has 1 N–H and O–H groups in total. The fourth-order valence-corrected chi connectivity index (χ4v) is 3.81. The van der Waals surface area contributed by atoms with Crippen LogP contribution in [0, 0.1) is 5.92 Å². The molecule has 2 aromatic rings. The summed E-state index contributed by atoms with van der Waals surface area (Å²) < 4.78 is 0. The van der Waals surface area contributed by atoms with Crippen molar-refractivity contribution in [3.05, 3.63) is 29.6 Å². The fourth-order valence-electron chi connectivity index (χ4n) is 2.92. The molecule has 0 bridgehead atoms. The third-order valence-corrected chi connectivity index (χ3v) is 5.39. The number of carbonyl (C=O) groups excluding carboxylic acids is 1.